The molecular formula is C5H7N3O8. The van der Waals surface area contributed by atoms with Crippen LogP contribution in [0.2, 0.25) is 0 Å². The Balaban J connectivity index is 2.80. The van der Waals surface area contributed by atoms with E-state index in [0.29, 0.717) is 0 Å². The Morgan fingerprint density at radius 1 is 1.25 bits per heavy atom. The van der Waals surface area contributed by atoms with E-state index >= 15 is 0 Å². The van der Waals surface area contributed by atoms with Crippen molar-refractivity contribution in [3.8, 4) is 0 Å². The number of rotatable bonds is 7. The highest BCUT2D eigenvalue weighted by Gasteiger charge is 2.65. The van der Waals surface area contributed by atoms with Gasteiger partial charge in [0, 0.05) is 4.92 Å². The predicted octanol–water partition coefficient (Wildman–Crippen LogP) is -1.11. The summed E-state index contributed by atoms with van der Waals surface area (Å²) in [4.78, 5) is 27.2. The van der Waals surface area contributed by atoms with E-state index in [1.807, 2.05) is 0 Å². The van der Waals surface area contributed by atoms with Crippen LogP contribution in [0.4, 0.5) is 0 Å². The summed E-state index contributed by atoms with van der Waals surface area (Å²) in [6.45, 7) is -1.69. The second kappa shape index (κ2) is 4.32. The molecule has 0 N–H and O–H groups in total. The Bertz CT molecular complexity index is 312. The van der Waals surface area contributed by atoms with Crippen LogP contribution < -0.4 is 0 Å². The second-order valence-corrected chi connectivity index (χ2v) is 3.01. The molecule has 1 aliphatic heterocycles. The van der Waals surface area contributed by atoms with Crippen LogP contribution in [0.5, 0.6) is 0 Å². The lowest BCUT2D eigenvalue weighted by Crippen LogP contribution is -2.54. The van der Waals surface area contributed by atoms with Crippen molar-refractivity contribution in [2.45, 2.75) is 12.0 Å². The van der Waals surface area contributed by atoms with Gasteiger partial charge in [-0.15, -0.1) is 0 Å². The normalized spacial score (nSPS) is 19.1. The molecule has 1 atom stereocenters. The average Bonchev–Trinajstić information content (AvgIpc) is 2.93. The first kappa shape index (κ1) is 12.2. The van der Waals surface area contributed by atoms with Gasteiger partial charge in [0.2, 0.25) is 0 Å². The molecule has 1 rings (SSSR count). The van der Waals surface area contributed by atoms with Crippen LogP contribution in [0.25, 0.3) is 0 Å². The number of hydrogen-bond donors (Lipinski definition) is 0. The van der Waals surface area contributed by atoms with Crippen molar-refractivity contribution in [3.63, 3.8) is 0 Å². The summed E-state index contributed by atoms with van der Waals surface area (Å²) in [5.41, 5.74) is 0. The first-order valence-corrected chi connectivity index (χ1v) is 4.05. The molecule has 0 aliphatic carbocycles. The fourth-order valence-corrected chi connectivity index (χ4v) is 0.892. The summed E-state index contributed by atoms with van der Waals surface area (Å²) in [5.74, 6) is -3.24. The van der Waals surface area contributed by atoms with Crippen molar-refractivity contribution in [2.24, 2.45) is 0 Å². The first-order chi connectivity index (χ1) is 7.38. The molecule has 0 bridgehead atoms. The minimum Gasteiger partial charge on any atom is -0.371 e. The van der Waals surface area contributed by atoms with E-state index in [-0.39, 0.29) is 6.61 Å². The third-order valence-corrected chi connectivity index (χ3v) is 1.81. The van der Waals surface area contributed by atoms with Gasteiger partial charge in [-0.1, -0.05) is 0 Å². The van der Waals surface area contributed by atoms with Gasteiger partial charge < -0.3 is 4.74 Å². The highest BCUT2D eigenvalue weighted by atomic mass is 16.8. The zero-order valence-corrected chi connectivity index (χ0v) is 7.81. The molecular weight excluding hydrogens is 230 g/mol. The van der Waals surface area contributed by atoms with Gasteiger partial charge in [-0.25, -0.2) is 4.74 Å². The molecule has 0 radical (unpaired) electrons. The topological polar surface area (TPSA) is 151 Å². The van der Waals surface area contributed by atoms with Gasteiger partial charge in [-0.3, -0.25) is 30.3 Å². The van der Waals surface area contributed by atoms with Crippen LogP contribution in [0.3, 0.4) is 0 Å². The number of nitro groups is 3. The summed E-state index contributed by atoms with van der Waals surface area (Å²) in [7, 11) is 0. The quantitative estimate of drug-likeness (QED) is 0.234. The zero-order valence-electron chi connectivity index (χ0n) is 7.81. The van der Waals surface area contributed by atoms with Crippen LogP contribution in [0.15, 0.2) is 0 Å². The third kappa shape index (κ3) is 2.58. The Hall–Kier alpha value is -1.88. The van der Waals surface area contributed by atoms with Crippen LogP contribution in [-0.4, -0.2) is 46.5 Å². The highest BCUT2D eigenvalue weighted by Crippen LogP contribution is 2.18. The maximum atomic E-state index is 10.5. The van der Waals surface area contributed by atoms with Crippen LogP contribution in [-0.2, 0) is 9.47 Å². The zero-order chi connectivity index (χ0) is 12.3. The number of epoxide rings is 1. The van der Waals surface area contributed by atoms with E-state index in [2.05, 4.69) is 9.47 Å². The number of hydrogen-bond acceptors (Lipinski definition) is 8. The minimum atomic E-state index is -3.24. The standard InChI is InChI=1S/C5H7N3O8/c9-6(10)3-5(7(11)12,8(13)14)16-2-4-1-15-4/h4H,1-3H2. The smallest absolute Gasteiger partial charge is 0.371 e. The lowest BCUT2D eigenvalue weighted by molar-refractivity contribution is -0.870. The lowest BCUT2D eigenvalue weighted by atomic mass is 10.4. The molecule has 0 amide bonds. The molecule has 0 aromatic rings. The molecule has 1 heterocycles. The first-order valence-electron chi connectivity index (χ1n) is 4.05. The summed E-state index contributed by atoms with van der Waals surface area (Å²) in [5, 5.41) is 31.2. The van der Waals surface area contributed by atoms with E-state index in [4.69, 9.17) is 0 Å². The second-order valence-electron chi connectivity index (χ2n) is 3.01. The van der Waals surface area contributed by atoms with Gasteiger partial charge >= 0.3 is 12.4 Å². The summed E-state index contributed by atoms with van der Waals surface area (Å²) >= 11 is 0. The fourth-order valence-electron chi connectivity index (χ4n) is 0.892. The Kier molecular flexibility index (Phi) is 3.29. The lowest BCUT2D eigenvalue weighted by Gasteiger charge is -2.12. The summed E-state index contributed by atoms with van der Waals surface area (Å²) in [6.07, 6.45) is -0.467. The molecule has 0 saturated carbocycles. The number of ether oxygens (including phenoxy) is 2. The molecule has 1 unspecified atom stereocenters. The minimum absolute atomic E-state index is 0.268. The van der Waals surface area contributed by atoms with Crippen LogP contribution in [0.1, 0.15) is 0 Å². The van der Waals surface area contributed by atoms with E-state index in [0.717, 1.165) is 0 Å². The van der Waals surface area contributed by atoms with Crippen molar-refractivity contribution in [1.82, 2.24) is 0 Å². The van der Waals surface area contributed by atoms with Crippen molar-refractivity contribution >= 4 is 0 Å². The van der Waals surface area contributed by atoms with Crippen molar-refractivity contribution < 1.29 is 24.2 Å². The molecule has 0 aromatic carbocycles. The van der Waals surface area contributed by atoms with Crippen molar-refractivity contribution in [3.05, 3.63) is 30.3 Å². The molecule has 1 fully saturated rings. The Labute approximate surface area is 87.4 Å². The maximum Gasteiger partial charge on any atom is 0.643 e. The fraction of sp³-hybridized carbons (Fsp3) is 1.00. The van der Waals surface area contributed by atoms with Crippen molar-refractivity contribution in [1.29, 1.82) is 0 Å². The molecule has 16 heavy (non-hydrogen) atoms. The molecule has 1 aliphatic rings. The van der Waals surface area contributed by atoms with E-state index in [1.54, 1.807) is 0 Å². The molecule has 90 valence electrons. The molecule has 0 spiro atoms. The average molecular weight is 237 g/mol. The van der Waals surface area contributed by atoms with E-state index < -0.39 is 39.9 Å². The largest absolute Gasteiger partial charge is 0.643 e. The van der Waals surface area contributed by atoms with Gasteiger partial charge in [0.25, 0.3) is 0 Å². The summed E-state index contributed by atoms with van der Waals surface area (Å²) in [6, 6.07) is 0. The monoisotopic (exact) mass is 237 g/mol. The Morgan fingerprint density at radius 3 is 2.06 bits per heavy atom. The van der Waals surface area contributed by atoms with Gasteiger partial charge in [-0.05, 0) is 0 Å². The van der Waals surface area contributed by atoms with Gasteiger partial charge in [-0.2, -0.15) is 0 Å². The van der Waals surface area contributed by atoms with Gasteiger partial charge in [0.1, 0.15) is 16.0 Å². The summed E-state index contributed by atoms with van der Waals surface area (Å²) < 4.78 is 9.05. The third-order valence-electron chi connectivity index (χ3n) is 1.81. The number of nitrogens with zero attached hydrogens (tertiary/aromatic N) is 3. The SMILES string of the molecule is O=[N+]([O-])CC(OCC1CO1)([N+](=O)[O-])[N+](=O)[O-]. The van der Waals surface area contributed by atoms with Crippen molar-refractivity contribution in [2.75, 3.05) is 19.8 Å². The predicted molar refractivity (Wildman–Crippen MR) is 44.3 cm³/mol. The highest BCUT2D eigenvalue weighted by molar-refractivity contribution is 4.68. The van der Waals surface area contributed by atoms with E-state index in [1.165, 1.54) is 0 Å². The van der Waals surface area contributed by atoms with E-state index in [9.17, 15) is 30.3 Å². The van der Waals surface area contributed by atoms with Gasteiger partial charge in [0.15, 0.2) is 0 Å². The Morgan fingerprint density at radius 2 is 1.75 bits per heavy atom. The molecule has 0 aromatic heterocycles. The van der Waals surface area contributed by atoms with Crippen LogP contribution in [0, 0.1) is 30.3 Å². The molecule has 11 heteroatoms. The molecule has 11 nitrogen and oxygen atoms in total. The maximum absolute atomic E-state index is 10.5. The van der Waals surface area contributed by atoms with Crippen LogP contribution >= 0.6 is 0 Å². The van der Waals surface area contributed by atoms with Gasteiger partial charge in [0.05, 0.1) is 13.2 Å². The molecule has 1 saturated heterocycles.